The van der Waals surface area contributed by atoms with Crippen LogP contribution in [0.25, 0.3) is 31.4 Å². The maximum Gasteiger partial charge on any atom is 0.187 e. The fraction of sp³-hybridized carbons (Fsp3) is 0.0213. The van der Waals surface area contributed by atoms with Gasteiger partial charge in [0.05, 0.1) is 5.69 Å². The number of anilines is 3. The summed E-state index contributed by atoms with van der Waals surface area (Å²) in [6.07, 6.45) is 2.31. The molecule has 9 aromatic rings. The zero-order chi connectivity index (χ0) is 35.4. The summed E-state index contributed by atoms with van der Waals surface area (Å²) >= 11 is 1.84. The van der Waals surface area contributed by atoms with Gasteiger partial charge in [0, 0.05) is 49.5 Å². The number of pyridine rings is 2. The number of thiophene rings is 1. The van der Waals surface area contributed by atoms with Crippen molar-refractivity contribution in [3.05, 3.63) is 199 Å². The van der Waals surface area contributed by atoms with Gasteiger partial charge in [0.1, 0.15) is 5.82 Å². The number of aromatic nitrogens is 2. The highest BCUT2D eigenvalue weighted by molar-refractivity contribution is 7.28. The molecule has 252 valence electrons. The molecule has 0 radical (unpaired) electrons. The van der Waals surface area contributed by atoms with E-state index in [0.29, 0.717) is 11.1 Å². The van der Waals surface area contributed by atoms with Gasteiger partial charge in [-0.15, -0.1) is 11.3 Å². The van der Waals surface area contributed by atoms with Gasteiger partial charge in [-0.25, -0.2) is 9.37 Å². The first-order chi connectivity index (χ1) is 26.2. The van der Waals surface area contributed by atoms with Crippen LogP contribution in [0.15, 0.2) is 188 Å². The fourth-order valence-electron chi connectivity index (χ4n) is 8.30. The highest BCUT2D eigenvalue weighted by Gasteiger charge is 2.51. The van der Waals surface area contributed by atoms with Crippen molar-refractivity contribution in [3.63, 3.8) is 0 Å². The Kier molecular flexibility index (Phi) is 7.60. The molecule has 53 heavy (non-hydrogen) atoms. The molecule has 0 N–H and O–H groups in total. The van der Waals surface area contributed by atoms with Gasteiger partial charge in [0.25, 0.3) is 0 Å². The summed E-state index contributed by atoms with van der Waals surface area (Å²) in [5.74, 6) is 0.878. The van der Waals surface area contributed by atoms with Gasteiger partial charge >= 0.3 is 0 Å². The van der Waals surface area contributed by atoms with Crippen LogP contribution in [0.1, 0.15) is 17.3 Å². The molecule has 1 atom stereocenters. The van der Waals surface area contributed by atoms with Crippen molar-refractivity contribution in [2.75, 3.05) is 4.90 Å². The van der Waals surface area contributed by atoms with Crippen LogP contribution >= 0.6 is 11.3 Å². The average molecular weight is 718 g/mol. The van der Waals surface area contributed by atoms with E-state index in [-0.39, 0.29) is 0 Å². The van der Waals surface area contributed by atoms with Crippen molar-refractivity contribution in [1.82, 2.24) is 9.97 Å². The SMILES string of the molecule is FC(c1cccc(-c2ccccn2)c1)c1cccc(N2c3ccc4sc5ccccc5c4c3[Si](c3ccccc3)(c3ccccc3)c3cccnc32)c1. The molecule has 0 saturated carbocycles. The zero-order valence-electron chi connectivity index (χ0n) is 28.6. The predicted octanol–water partition coefficient (Wildman–Crippen LogP) is 9.73. The molecule has 1 unspecified atom stereocenters. The third kappa shape index (κ3) is 4.98. The number of rotatable bonds is 6. The highest BCUT2D eigenvalue weighted by atomic mass is 32.1. The van der Waals surface area contributed by atoms with Crippen molar-refractivity contribution in [1.29, 1.82) is 0 Å². The molecule has 1 aliphatic rings. The molecular formula is C47H32FN3SSi. The topological polar surface area (TPSA) is 29.0 Å². The molecule has 0 fully saturated rings. The van der Waals surface area contributed by atoms with Gasteiger partial charge in [0.2, 0.25) is 0 Å². The Hall–Kier alpha value is -6.21. The monoisotopic (exact) mass is 717 g/mol. The summed E-state index contributed by atoms with van der Waals surface area (Å²) in [7, 11) is -3.00. The Morgan fingerprint density at radius 1 is 0.566 bits per heavy atom. The van der Waals surface area contributed by atoms with Crippen molar-refractivity contribution in [2.45, 2.75) is 6.17 Å². The summed E-state index contributed by atoms with van der Waals surface area (Å²) in [5, 5.41) is 7.68. The van der Waals surface area contributed by atoms with Crippen LogP contribution in [0.5, 0.6) is 0 Å². The number of benzene rings is 6. The van der Waals surface area contributed by atoms with E-state index in [2.05, 4.69) is 125 Å². The lowest BCUT2D eigenvalue weighted by molar-refractivity contribution is 0.402. The maximum atomic E-state index is 16.8. The second-order valence-electron chi connectivity index (χ2n) is 13.4. The molecule has 0 aliphatic carbocycles. The van der Waals surface area contributed by atoms with E-state index >= 15 is 4.39 Å². The van der Waals surface area contributed by atoms with Crippen LogP contribution in [-0.2, 0) is 0 Å². The van der Waals surface area contributed by atoms with Crippen molar-refractivity contribution in [2.24, 2.45) is 0 Å². The lowest BCUT2D eigenvalue weighted by atomic mass is 9.99. The number of nitrogens with zero attached hydrogens (tertiary/aromatic N) is 3. The molecule has 6 aromatic carbocycles. The predicted molar refractivity (Wildman–Crippen MR) is 222 cm³/mol. The summed E-state index contributed by atoms with van der Waals surface area (Å²) in [6.45, 7) is 0. The molecule has 3 nitrogen and oxygen atoms in total. The van der Waals surface area contributed by atoms with Crippen LogP contribution in [0.4, 0.5) is 21.6 Å². The van der Waals surface area contributed by atoms with Crippen LogP contribution in [0.2, 0.25) is 0 Å². The highest BCUT2D eigenvalue weighted by Crippen LogP contribution is 2.43. The van der Waals surface area contributed by atoms with Gasteiger partial charge in [-0.2, -0.15) is 0 Å². The standard InChI is InChI=1S/C47H32FN3SSi/c48-45(33-15-11-14-32(30-33)39-23-9-10-28-49-39)34-16-12-17-35(31-34)51-40-26-27-42-44(38-22-7-8-24-41(38)52-42)46(40)53(36-18-3-1-4-19-36,37-20-5-2-6-21-37)43-25-13-29-50-47(43)51/h1-31,45H. The number of halogens is 1. The van der Waals surface area contributed by atoms with E-state index in [1.54, 1.807) is 6.20 Å². The molecule has 0 bridgehead atoms. The summed E-state index contributed by atoms with van der Waals surface area (Å²) in [6, 6.07) is 61.1. The first kappa shape index (κ1) is 31.5. The minimum Gasteiger partial charge on any atom is -0.295 e. The molecule has 10 rings (SSSR count). The lowest BCUT2D eigenvalue weighted by Gasteiger charge is -2.44. The third-order valence-corrected chi connectivity index (χ3v) is 16.5. The summed E-state index contributed by atoms with van der Waals surface area (Å²) in [4.78, 5) is 12.0. The molecule has 1 aliphatic heterocycles. The number of alkyl halides is 1. The maximum absolute atomic E-state index is 16.8. The van der Waals surface area contributed by atoms with Gasteiger partial charge in [-0.05, 0) is 86.5 Å². The van der Waals surface area contributed by atoms with Crippen molar-refractivity contribution >= 4 is 77.5 Å². The van der Waals surface area contributed by atoms with Crippen LogP contribution in [0.3, 0.4) is 0 Å². The Labute approximate surface area is 312 Å². The fourth-order valence-corrected chi connectivity index (χ4v) is 14.8. The first-order valence-electron chi connectivity index (χ1n) is 17.8. The van der Waals surface area contributed by atoms with Gasteiger partial charge in [0.15, 0.2) is 14.2 Å². The number of fused-ring (bicyclic) bond motifs is 6. The lowest BCUT2D eigenvalue weighted by Crippen LogP contribution is -2.77. The molecule has 0 spiro atoms. The summed E-state index contributed by atoms with van der Waals surface area (Å²) < 4.78 is 19.3. The van der Waals surface area contributed by atoms with Crippen LogP contribution in [-0.4, -0.2) is 18.0 Å². The van der Waals surface area contributed by atoms with Crippen LogP contribution < -0.4 is 25.6 Å². The smallest absolute Gasteiger partial charge is 0.187 e. The Morgan fingerprint density at radius 2 is 1.26 bits per heavy atom. The average Bonchev–Trinajstić information content (AvgIpc) is 3.62. The minimum atomic E-state index is -3.00. The zero-order valence-corrected chi connectivity index (χ0v) is 30.4. The van der Waals surface area contributed by atoms with Gasteiger partial charge in [-0.3, -0.25) is 9.88 Å². The van der Waals surface area contributed by atoms with Gasteiger partial charge < -0.3 is 0 Å². The van der Waals surface area contributed by atoms with E-state index < -0.39 is 14.2 Å². The van der Waals surface area contributed by atoms with Crippen molar-refractivity contribution in [3.8, 4) is 11.3 Å². The molecule has 0 amide bonds. The molecular weight excluding hydrogens is 686 g/mol. The van der Waals surface area contributed by atoms with E-state index in [0.717, 1.165) is 28.5 Å². The Balaban J connectivity index is 1.24. The van der Waals surface area contributed by atoms with Crippen molar-refractivity contribution < 1.29 is 4.39 Å². The number of hydrogen-bond acceptors (Lipinski definition) is 4. The molecule has 0 saturated heterocycles. The Morgan fingerprint density at radius 3 is 2.04 bits per heavy atom. The van der Waals surface area contributed by atoms with E-state index in [4.69, 9.17) is 4.98 Å². The van der Waals surface area contributed by atoms with E-state index in [1.165, 1.54) is 40.9 Å². The molecule has 3 aromatic heterocycles. The largest absolute Gasteiger partial charge is 0.295 e. The van der Waals surface area contributed by atoms with E-state index in [9.17, 15) is 0 Å². The van der Waals surface area contributed by atoms with Gasteiger partial charge in [-0.1, -0.05) is 121 Å². The second kappa shape index (κ2) is 12.8. The van der Waals surface area contributed by atoms with Crippen LogP contribution in [0, 0.1) is 0 Å². The Bertz CT molecular complexity index is 2730. The quantitative estimate of drug-likeness (QED) is 0.161. The number of hydrogen-bond donors (Lipinski definition) is 0. The molecule has 6 heteroatoms. The van der Waals surface area contributed by atoms with E-state index in [1.807, 2.05) is 78.2 Å². The normalized spacial score (nSPS) is 13.8. The third-order valence-electron chi connectivity index (χ3n) is 10.5. The minimum absolute atomic E-state index is 0.585. The first-order valence-corrected chi connectivity index (χ1v) is 20.6. The second-order valence-corrected chi connectivity index (χ2v) is 18.2. The summed E-state index contributed by atoms with van der Waals surface area (Å²) in [5.41, 5.74) is 4.84. The molecule has 4 heterocycles.